The summed E-state index contributed by atoms with van der Waals surface area (Å²) >= 11 is 0. The summed E-state index contributed by atoms with van der Waals surface area (Å²) in [7, 11) is -2.43. The van der Waals surface area contributed by atoms with Gasteiger partial charge in [-0.05, 0) is 52.4 Å². The van der Waals surface area contributed by atoms with Crippen LogP contribution in [0.1, 0.15) is 46.5 Å². The van der Waals surface area contributed by atoms with Gasteiger partial charge in [-0.2, -0.15) is 0 Å². The minimum atomic E-state index is -2.43. The van der Waals surface area contributed by atoms with Gasteiger partial charge in [0.2, 0.25) is 0 Å². The lowest BCUT2D eigenvalue weighted by Gasteiger charge is -2.30. The van der Waals surface area contributed by atoms with Gasteiger partial charge in [-0.25, -0.2) is 0 Å². The zero-order valence-corrected chi connectivity index (χ0v) is 13.5. The topological polar surface area (TPSA) is 40.2 Å². The van der Waals surface area contributed by atoms with E-state index in [0.29, 0.717) is 32.0 Å². The molecule has 4 nitrogen and oxygen atoms in total. The van der Waals surface area contributed by atoms with Crippen LogP contribution in [0.5, 0.6) is 0 Å². The molecule has 1 aliphatic carbocycles. The lowest BCUT2D eigenvalue weighted by Crippen LogP contribution is -2.46. The van der Waals surface area contributed by atoms with Crippen LogP contribution in [-0.4, -0.2) is 40.8 Å². The maximum atomic E-state index is 5.90. The third-order valence-corrected chi connectivity index (χ3v) is 7.15. The number of epoxide rings is 1. The normalized spacial score (nSPS) is 30.2. The molecule has 2 fully saturated rings. The van der Waals surface area contributed by atoms with Crippen LogP contribution in [0.3, 0.4) is 0 Å². The van der Waals surface area contributed by atoms with Crippen molar-refractivity contribution in [3.05, 3.63) is 0 Å². The van der Waals surface area contributed by atoms with Crippen LogP contribution < -0.4 is 0 Å². The first-order valence-corrected chi connectivity index (χ1v) is 9.73. The van der Waals surface area contributed by atoms with Crippen molar-refractivity contribution >= 4 is 8.80 Å². The zero-order chi connectivity index (χ0) is 13.7. The summed E-state index contributed by atoms with van der Waals surface area (Å²) in [5.41, 5.74) is 0. The van der Waals surface area contributed by atoms with Crippen LogP contribution in [0.4, 0.5) is 0 Å². The molecule has 2 rings (SSSR count). The molecule has 1 aliphatic heterocycles. The van der Waals surface area contributed by atoms with E-state index >= 15 is 0 Å². The highest BCUT2D eigenvalue weighted by Gasteiger charge is 2.46. The summed E-state index contributed by atoms with van der Waals surface area (Å²) in [6, 6.07) is 0.949. The first kappa shape index (κ1) is 15.4. The Morgan fingerprint density at radius 2 is 1.58 bits per heavy atom. The van der Waals surface area contributed by atoms with Crippen molar-refractivity contribution in [2.45, 2.75) is 64.7 Å². The fourth-order valence-corrected chi connectivity index (χ4v) is 5.90. The Morgan fingerprint density at radius 3 is 2.11 bits per heavy atom. The summed E-state index contributed by atoms with van der Waals surface area (Å²) in [5, 5.41) is 0. The van der Waals surface area contributed by atoms with Crippen LogP contribution in [0.25, 0.3) is 0 Å². The van der Waals surface area contributed by atoms with Gasteiger partial charge in [0, 0.05) is 25.9 Å². The van der Waals surface area contributed by atoms with E-state index in [9.17, 15) is 0 Å². The fraction of sp³-hybridized carbons (Fsp3) is 1.00. The Hall–Kier alpha value is 0.0569. The molecule has 112 valence electrons. The highest BCUT2D eigenvalue weighted by Crippen LogP contribution is 2.41. The molecule has 2 aliphatic rings. The van der Waals surface area contributed by atoms with E-state index in [1.807, 2.05) is 20.8 Å². The maximum absolute atomic E-state index is 5.90. The molecule has 19 heavy (non-hydrogen) atoms. The molecule has 1 saturated carbocycles. The van der Waals surface area contributed by atoms with E-state index in [-0.39, 0.29) is 0 Å². The Bertz CT molecular complexity index is 257. The van der Waals surface area contributed by atoms with Crippen LogP contribution >= 0.6 is 0 Å². The second-order valence-corrected chi connectivity index (χ2v) is 8.14. The third kappa shape index (κ3) is 4.26. The van der Waals surface area contributed by atoms with Gasteiger partial charge in [0.25, 0.3) is 0 Å². The molecular weight excluding hydrogens is 260 g/mol. The average molecular weight is 288 g/mol. The summed E-state index contributed by atoms with van der Waals surface area (Å²) in [6.45, 7) is 8.06. The van der Waals surface area contributed by atoms with Gasteiger partial charge >= 0.3 is 8.80 Å². The molecule has 0 N–H and O–H groups in total. The van der Waals surface area contributed by atoms with Crippen molar-refractivity contribution in [1.29, 1.82) is 0 Å². The molecular formula is C14H28O4Si. The van der Waals surface area contributed by atoms with Crippen molar-refractivity contribution in [1.82, 2.24) is 0 Å². The summed E-state index contributed by atoms with van der Waals surface area (Å²) in [4.78, 5) is 0. The molecule has 1 saturated heterocycles. The van der Waals surface area contributed by atoms with Crippen molar-refractivity contribution in [2.75, 3.05) is 19.8 Å². The lowest BCUT2D eigenvalue weighted by molar-refractivity contribution is 0.0691. The van der Waals surface area contributed by atoms with Crippen LogP contribution in [0, 0.1) is 5.92 Å². The number of hydrogen-bond acceptors (Lipinski definition) is 4. The zero-order valence-electron chi connectivity index (χ0n) is 12.5. The molecule has 0 unspecified atom stereocenters. The minimum absolute atomic E-state index is 0.557. The van der Waals surface area contributed by atoms with E-state index in [1.165, 1.54) is 19.3 Å². The fourth-order valence-electron chi connectivity index (χ4n) is 3.13. The van der Waals surface area contributed by atoms with Crippen molar-refractivity contribution in [2.24, 2.45) is 5.92 Å². The van der Waals surface area contributed by atoms with Gasteiger partial charge in [-0.15, -0.1) is 0 Å². The van der Waals surface area contributed by atoms with E-state index in [1.54, 1.807) is 0 Å². The highest BCUT2D eigenvalue weighted by atomic mass is 28.4. The largest absolute Gasteiger partial charge is 0.500 e. The molecule has 3 atom stereocenters. The smallest absolute Gasteiger partial charge is 0.374 e. The number of hydrogen-bond donors (Lipinski definition) is 0. The molecule has 0 bridgehead atoms. The maximum Gasteiger partial charge on any atom is 0.500 e. The first-order chi connectivity index (χ1) is 9.23. The summed E-state index contributed by atoms with van der Waals surface area (Å²) in [5.74, 6) is 0.761. The molecule has 0 amide bonds. The third-order valence-electron chi connectivity index (χ3n) is 4.06. The van der Waals surface area contributed by atoms with Crippen molar-refractivity contribution in [3.8, 4) is 0 Å². The highest BCUT2D eigenvalue weighted by molar-refractivity contribution is 6.60. The molecule has 0 aromatic carbocycles. The van der Waals surface area contributed by atoms with Crippen molar-refractivity contribution < 1.29 is 18.0 Å². The molecule has 1 heterocycles. The van der Waals surface area contributed by atoms with Gasteiger partial charge in [0.05, 0.1) is 12.2 Å². The van der Waals surface area contributed by atoms with Crippen LogP contribution in [0.15, 0.2) is 0 Å². The predicted octanol–water partition coefficient (Wildman–Crippen LogP) is 2.99. The van der Waals surface area contributed by atoms with Gasteiger partial charge in [-0.3, -0.25) is 0 Å². The molecule has 0 aromatic heterocycles. The van der Waals surface area contributed by atoms with Gasteiger partial charge in [0.15, 0.2) is 0 Å². The second kappa shape index (κ2) is 7.18. The first-order valence-electron chi connectivity index (χ1n) is 7.80. The Kier molecular flexibility index (Phi) is 5.83. The number of fused-ring (bicyclic) bond motifs is 1. The van der Waals surface area contributed by atoms with E-state index in [2.05, 4.69) is 0 Å². The Morgan fingerprint density at radius 1 is 0.947 bits per heavy atom. The Balaban J connectivity index is 1.82. The quantitative estimate of drug-likeness (QED) is 0.483. The van der Waals surface area contributed by atoms with Crippen molar-refractivity contribution in [3.63, 3.8) is 0 Å². The molecule has 0 radical (unpaired) electrons. The Labute approximate surface area is 118 Å². The van der Waals surface area contributed by atoms with E-state index in [0.717, 1.165) is 18.4 Å². The lowest BCUT2D eigenvalue weighted by atomic mass is 9.88. The molecule has 0 spiro atoms. The molecule has 0 aromatic rings. The van der Waals surface area contributed by atoms with E-state index < -0.39 is 8.80 Å². The number of rotatable bonds is 9. The van der Waals surface area contributed by atoms with Gasteiger partial charge < -0.3 is 18.0 Å². The van der Waals surface area contributed by atoms with Gasteiger partial charge in [-0.1, -0.05) is 0 Å². The standard InChI is InChI=1S/C14H28O4Si/c1-4-15-19(16-5-2,17-6-3)10-9-12-7-8-13-14(11-12)18-13/h12-14H,4-11H2,1-3H3/t12-,13+,14-/m1/s1. The summed E-state index contributed by atoms with van der Waals surface area (Å²) < 4.78 is 23.3. The van der Waals surface area contributed by atoms with E-state index in [4.69, 9.17) is 18.0 Å². The summed E-state index contributed by atoms with van der Waals surface area (Å²) in [6.07, 6.45) is 6.04. The predicted molar refractivity (Wildman–Crippen MR) is 76.1 cm³/mol. The monoisotopic (exact) mass is 288 g/mol. The van der Waals surface area contributed by atoms with Crippen LogP contribution in [-0.2, 0) is 18.0 Å². The minimum Gasteiger partial charge on any atom is -0.374 e. The average Bonchev–Trinajstić information content (AvgIpc) is 3.16. The molecule has 5 heteroatoms. The second-order valence-electron chi connectivity index (χ2n) is 5.41. The number of ether oxygens (including phenoxy) is 1. The van der Waals surface area contributed by atoms with Gasteiger partial charge in [0.1, 0.15) is 0 Å². The van der Waals surface area contributed by atoms with Crippen LogP contribution in [0.2, 0.25) is 6.04 Å². The SMILES string of the molecule is CCO[Si](CC[C@H]1CC[C@@H]2O[C@@H]2C1)(OCC)OCC.